The lowest BCUT2D eigenvalue weighted by atomic mass is 10.2. The lowest BCUT2D eigenvalue weighted by molar-refractivity contribution is 0.602. The molecule has 0 aliphatic rings. The van der Waals surface area contributed by atoms with E-state index >= 15 is 0 Å². The predicted molar refractivity (Wildman–Crippen MR) is 89.3 cm³/mol. The van der Waals surface area contributed by atoms with Gasteiger partial charge in [0.1, 0.15) is 0 Å². The molecule has 0 heterocycles. The van der Waals surface area contributed by atoms with E-state index in [1.54, 1.807) is 49.4 Å². The van der Waals surface area contributed by atoms with Gasteiger partial charge in [-0.1, -0.05) is 29.3 Å². The Labute approximate surface area is 134 Å². The second kappa shape index (κ2) is 6.56. The van der Waals surface area contributed by atoms with Crippen LogP contribution in [0.1, 0.15) is 6.92 Å². The van der Waals surface area contributed by atoms with E-state index in [0.29, 0.717) is 21.4 Å². The highest BCUT2D eigenvalue weighted by Gasteiger charge is 2.08. The molecule has 0 atom stereocenters. The van der Waals surface area contributed by atoms with E-state index in [0.717, 1.165) is 5.69 Å². The van der Waals surface area contributed by atoms with Gasteiger partial charge in [-0.3, -0.25) is 4.72 Å². The van der Waals surface area contributed by atoms with Crippen molar-refractivity contribution in [2.24, 2.45) is 0 Å². The first kappa shape index (κ1) is 15.9. The Balaban J connectivity index is 2.17. The van der Waals surface area contributed by atoms with Crippen molar-refractivity contribution in [1.29, 1.82) is 0 Å². The van der Waals surface area contributed by atoms with Crippen LogP contribution in [-0.2, 0) is 10.0 Å². The van der Waals surface area contributed by atoms with Crippen LogP contribution in [0.25, 0.3) is 0 Å². The van der Waals surface area contributed by atoms with Crippen molar-refractivity contribution in [3.8, 4) is 0 Å². The van der Waals surface area contributed by atoms with Crippen molar-refractivity contribution in [3.05, 3.63) is 52.5 Å². The van der Waals surface area contributed by atoms with Gasteiger partial charge in [0.25, 0.3) is 0 Å². The molecule has 0 unspecified atom stereocenters. The molecule has 0 saturated carbocycles. The fourth-order valence-electron chi connectivity index (χ4n) is 1.63. The minimum absolute atomic E-state index is 0.0300. The van der Waals surface area contributed by atoms with Gasteiger partial charge in [-0.2, -0.15) is 0 Å². The van der Waals surface area contributed by atoms with E-state index in [9.17, 15) is 8.42 Å². The maximum absolute atomic E-state index is 11.5. The summed E-state index contributed by atoms with van der Waals surface area (Å²) in [5.41, 5.74) is 1.87. The van der Waals surface area contributed by atoms with Gasteiger partial charge in [0.2, 0.25) is 10.0 Å². The van der Waals surface area contributed by atoms with Crippen LogP contribution in [0.2, 0.25) is 10.0 Å². The van der Waals surface area contributed by atoms with Gasteiger partial charge in [-0.25, -0.2) is 8.42 Å². The molecule has 112 valence electrons. The molecule has 4 nitrogen and oxygen atoms in total. The number of hydrogen-bond donors (Lipinski definition) is 2. The van der Waals surface area contributed by atoms with Gasteiger partial charge in [0.05, 0.1) is 21.5 Å². The molecule has 0 saturated heterocycles. The smallest absolute Gasteiger partial charge is 0.232 e. The minimum atomic E-state index is -3.27. The number of para-hydroxylation sites is 1. The highest BCUT2D eigenvalue weighted by atomic mass is 35.5. The third-order valence-corrected chi connectivity index (χ3v) is 4.71. The molecule has 2 aromatic carbocycles. The quantitative estimate of drug-likeness (QED) is 0.839. The number of hydrogen-bond acceptors (Lipinski definition) is 3. The zero-order valence-corrected chi connectivity index (χ0v) is 13.6. The zero-order valence-electron chi connectivity index (χ0n) is 11.2. The monoisotopic (exact) mass is 344 g/mol. The molecular weight excluding hydrogens is 331 g/mol. The van der Waals surface area contributed by atoms with Gasteiger partial charge in [-0.15, -0.1) is 0 Å². The molecule has 21 heavy (non-hydrogen) atoms. The summed E-state index contributed by atoms with van der Waals surface area (Å²) in [7, 11) is -3.27. The lowest BCUT2D eigenvalue weighted by Crippen LogP contribution is -2.14. The highest BCUT2D eigenvalue weighted by Crippen LogP contribution is 2.32. The third kappa shape index (κ3) is 4.27. The zero-order chi connectivity index (χ0) is 15.5. The number of halogens is 2. The van der Waals surface area contributed by atoms with Crippen LogP contribution >= 0.6 is 23.2 Å². The van der Waals surface area contributed by atoms with E-state index in [4.69, 9.17) is 23.2 Å². The Morgan fingerprint density at radius 2 is 1.48 bits per heavy atom. The second-order valence-corrected chi connectivity index (χ2v) is 7.13. The van der Waals surface area contributed by atoms with E-state index in [1.807, 2.05) is 0 Å². The number of sulfonamides is 1. The Bertz CT molecular complexity index is 711. The average Bonchev–Trinajstić information content (AvgIpc) is 2.45. The number of benzene rings is 2. The summed E-state index contributed by atoms with van der Waals surface area (Å²) in [6.07, 6.45) is 0. The molecule has 2 aromatic rings. The van der Waals surface area contributed by atoms with E-state index in [1.165, 1.54) is 0 Å². The van der Waals surface area contributed by atoms with Gasteiger partial charge in [0, 0.05) is 11.4 Å². The van der Waals surface area contributed by atoms with Crippen molar-refractivity contribution >= 4 is 50.3 Å². The first-order valence-corrected chi connectivity index (χ1v) is 8.63. The summed E-state index contributed by atoms with van der Waals surface area (Å²) in [6, 6.07) is 12.1. The minimum Gasteiger partial charge on any atom is -0.353 e. The van der Waals surface area contributed by atoms with Gasteiger partial charge >= 0.3 is 0 Å². The molecule has 0 aromatic heterocycles. The molecule has 0 amide bonds. The standard InChI is InChI=1S/C14H14Cl2N2O2S/c1-2-21(19,20)18-11-8-6-10(7-9-11)17-14-12(15)4-3-5-13(14)16/h3-9,17-18H,2H2,1H3. The maximum atomic E-state index is 11.5. The summed E-state index contributed by atoms with van der Waals surface area (Å²) < 4.78 is 25.4. The van der Waals surface area contributed by atoms with Crippen LogP contribution < -0.4 is 10.0 Å². The molecule has 2 N–H and O–H groups in total. The van der Waals surface area contributed by atoms with Crippen LogP contribution in [0.15, 0.2) is 42.5 Å². The van der Waals surface area contributed by atoms with Gasteiger partial charge in [0.15, 0.2) is 0 Å². The van der Waals surface area contributed by atoms with E-state index < -0.39 is 10.0 Å². The lowest BCUT2D eigenvalue weighted by Gasteiger charge is -2.11. The van der Waals surface area contributed by atoms with Gasteiger partial charge in [-0.05, 0) is 43.3 Å². The summed E-state index contributed by atoms with van der Waals surface area (Å²) >= 11 is 12.2. The van der Waals surface area contributed by atoms with E-state index in [-0.39, 0.29) is 5.75 Å². The van der Waals surface area contributed by atoms with Crippen LogP contribution in [0.3, 0.4) is 0 Å². The Kier molecular flexibility index (Phi) is 4.98. The summed E-state index contributed by atoms with van der Waals surface area (Å²) in [6.45, 7) is 1.58. The van der Waals surface area contributed by atoms with E-state index in [2.05, 4.69) is 10.0 Å². The fourth-order valence-corrected chi connectivity index (χ4v) is 2.77. The summed E-state index contributed by atoms with van der Waals surface area (Å²) in [4.78, 5) is 0. The van der Waals surface area contributed by atoms with Crippen LogP contribution in [0, 0.1) is 0 Å². The van der Waals surface area contributed by atoms with Crippen molar-refractivity contribution < 1.29 is 8.42 Å². The molecular formula is C14H14Cl2N2O2S. The largest absolute Gasteiger partial charge is 0.353 e. The SMILES string of the molecule is CCS(=O)(=O)Nc1ccc(Nc2c(Cl)cccc2Cl)cc1. The topological polar surface area (TPSA) is 58.2 Å². The first-order valence-electron chi connectivity index (χ1n) is 6.23. The van der Waals surface area contributed by atoms with Crippen LogP contribution in [0.5, 0.6) is 0 Å². The summed E-state index contributed by atoms with van der Waals surface area (Å²) in [5, 5.41) is 4.13. The van der Waals surface area contributed by atoms with Gasteiger partial charge < -0.3 is 5.32 Å². The second-order valence-electron chi connectivity index (χ2n) is 4.30. The molecule has 2 rings (SSSR count). The molecule has 0 spiro atoms. The number of rotatable bonds is 5. The number of nitrogens with one attached hydrogen (secondary N) is 2. The normalized spacial score (nSPS) is 11.2. The maximum Gasteiger partial charge on any atom is 0.232 e. The first-order chi connectivity index (χ1) is 9.91. The fraction of sp³-hybridized carbons (Fsp3) is 0.143. The van der Waals surface area contributed by atoms with Crippen LogP contribution in [0.4, 0.5) is 17.1 Å². The molecule has 0 fully saturated rings. The third-order valence-electron chi connectivity index (χ3n) is 2.77. The highest BCUT2D eigenvalue weighted by molar-refractivity contribution is 7.92. The molecule has 0 radical (unpaired) electrons. The Hall–Kier alpha value is -1.43. The molecule has 0 aliphatic carbocycles. The van der Waals surface area contributed by atoms with Crippen molar-refractivity contribution in [2.45, 2.75) is 6.92 Å². The number of anilines is 3. The Morgan fingerprint density at radius 1 is 0.952 bits per heavy atom. The average molecular weight is 345 g/mol. The van der Waals surface area contributed by atoms with Crippen LogP contribution in [-0.4, -0.2) is 14.2 Å². The predicted octanol–water partition coefficient (Wildman–Crippen LogP) is 4.50. The van der Waals surface area contributed by atoms with Crippen molar-refractivity contribution in [1.82, 2.24) is 0 Å². The summed E-state index contributed by atoms with van der Waals surface area (Å²) in [5.74, 6) is 0.0300. The van der Waals surface area contributed by atoms with Crippen molar-refractivity contribution in [3.63, 3.8) is 0 Å². The Morgan fingerprint density at radius 3 is 2.00 bits per heavy atom. The van der Waals surface area contributed by atoms with Crippen molar-refractivity contribution in [2.75, 3.05) is 15.8 Å². The molecule has 0 bridgehead atoms. The molecule has 0 aliphatic heterocycles. The molecule has 7 heteroatoms.